The summed E-state index contributed by atoms with van der Waals surface area (Å²) in [6, 6.07) is 2.71. The number of aromatic carboxylic acids is 2. The molecule has 0 aliphatic heterocycles. The van der Waals surface area contributed by atoms with Crippen LogP contribution in [-0.2, 0) is 0 Å². The Labute approximate surface area is 92.3 Å². The highest BCUT2D eigenvalue weighted by Crippen LogP contribution is 2.25. The van der Waals surface area contributed by atoms with Gasteiger partial charge in [0.25, 0.3) is 0 Å². The van der Waals surface area contributed by atoms with E-state index in [0.29, 0.717) is 17.9 Å². The Bertz CT molecular complexity index is 436. The third-order valence-electron chi connectivity index (χ3n) is 2.16. The van der Waals surface area contributed by atoms with Crippen molar-refractivity contribution in [2.24, 2.45) is 0 Å². The van der Waals surface area contributed by atoms with Gasteiger partial charge in [-0.2, -0.15) is 0 Å². The Morgan fingerprint density at radius 1 is 1.25 bits per heavy atom. The van der Waals surface area contributed by atoms with Crippen molar-refractivity contribution in [3.63, 3.8) is 0 Å². The van der Waals surface area contributed by atoms with Crippen LogP contribution in [0, 0.1) is 6.92 Å². The van der Waals surface area contributed by atoms with E-state index in [4.69, 9.17) is 14.9 Å². The molecule has 1 aromatic carbocycles. The van der Waals surface area contributed by atoms with Crippen LogP contribution < -0.4 is 4.74 Å². The van der Waals surface area contributed by atoms with Gasteiger partial charge < -0.3 is 14.9 Å². The SMILES string of the molecule is CCOc1ccc(C(=O)O)c(C(=O)O)c1C. The molecule has 1 aromatic rings. The van der Waals surface area contributed by atoms with Gasteiger partial charge in [0.2, 0.25) is 0 Å². The average molecular weight is 224 g/mol. The summed E-state index contributed by atoms with van der Waals surface area (Å²) in [5.41, 5.74) is -0.124. The molecule has 86 valence electrons. The first kappa shape index (κ1) is 12.0. The smallest absolute Gasteiger partial charge is 0.336 e. The van der Waals surface area contributed by atoms with Gasteiger partial charge in [-0.3, -0.25) is 0 Å². The van der Waals surface area contributed by atoms with Gasteiger partial charge in [-0.15, -0.1) is 0 Å². The molecule has 0 amide bonds. The minimum absolute atomic E-state index is 0.224. The quantitative estimate of drug-likeness (QED) is 0.814. The van der Waals surface area contributed by atoms with E-state index in [9.17, 15) is 9.59 Å². The molecule has 0 spiro atoms. The largest absolute Gasteiger partial charge is 0.494 e. The summed E-state index contributed by atoms with van der Waals surface area (Å²) in [6.45, 7) is 3.69. The van der Waals surface area contributed by atoms with Crippen molar-refractivity contribution < 1.29 is 24.5 Å². The first-order chi connectivity index (χ1) is 7.49. The zero-order valence-electron chi connectivity index (χ0n) is 8.98. The molecule has 0 aliphatic rings. The zero-order chi connectivity index (χ0) is 12.3. The van der Waals surface area contributed by atoms with Crippen molar-refractivity contribution in [3.8, 4) is 5.75 Å². The Balaban J connectivity index is 3.41. The van der Waals surface area contributed by atoms with E-state index in [2.05, 4.69) is 0 Å². The number of rotatable bonds is 4. The van der Waals surface area contributed by atoms with Crippen LogP contribution in [0.25, 0.3) is 0 Å². The van der Waals surface area contributed by atoms with E-state index in [1.54, 1.807) is 6.92 Å². The number of carboxylic acid groups (broad SMARTS) is 2. The molecule has 0 bridgehead atoms. The van der Waals surface area contributed by atoms with Gasteiger partial charge in [-0.05, 0) is 26.0 Å². The maximum Gasteiger partial charge on any atom is 0.336 e. The van der Waals surface area contributed by atoms with Crippen LogP contribution in [0.2, 0.25) is 0 Å². The second kappa shape index (κ2) is 4.65. The molecule has 2 N–H and O–H groups in total. The summed E-state index contributed by atoms with van der Waals surface area (Å²) < 4.78 is 5.21. The van der Waals surface area contributed by atoms with Crippen molar-refractivity contribution in [1.29, 1.82) is 0 Å². The molecular weight excluding hydrogens is 212 g/mol. The van der Waals surface area contributed by atoms with Gasteiger partial charge in [-0.25, -0.2) is 9.59 Å². The Morgan fingerprint density at radius 3 is 2.31 bits per heavy atom. The van der Waals surface area contributed by atoms with Crippen molar-refractivity contribution in [2.75, 3.05) is 6.61 Å². The summed E-state index contributed by atoms with van der Waals surface area (Å²) in [6.07, 6.45) is 0. The molecule has 0 heterocycles. The van der Waals surface area contributed by atoms with Crippen LogP contribution in [0.4, 0.5) is 0 Å². The van der Waals surface area contributed by atoms with Gasteiger partial charge >= 0.3 is 11.9 Å². The number of carbonyl (C=O) groups is 2. The zero-order valence-corrected chi connectivity index (χ0v) is 8.98. The summed E-state index contributed by atoms with van der Waals surface area (Å²) >= 11 is 0. The number of ether oxygens (including phenoxy) is 1. The lowest BCUT2D eigenvalue weighted by Crippen LogP contribution is -2.11. The lowest BCUT2D eigenvalue weighted by molar-refractivity contribution is 0.0650. The maximum atomic E-state index is 11.0. The van der Waals surface area contributed by atoms with Crippen molar-refractivity contribution >= 4 is 11.9 Å². The van der Waals surface area contributed by atoms with Gasteiger partial charge in [0.05, 0.1) is 17.7 Å². The van der Waals surface area contributed by atoms with Gasteiger partial charge in [0.1, 0.15) is 5.75 Å². The number of hydrogen-bond donors (Lipinski definition) is 2. The molecule has 0 saturated carbocycles. The standard InChI is InChI=1S/C11H12O5/c1-3-16-8-5-4-7(10(12)13)9(6(8)2)11(14)15/h4-5H,3H2,1-2H3,(H,12,13)(H,14,15). The predicted molar refractivity (Wildman–Crippen MR) is 56.3 cm³/mol. The summed E-state index contributed by atoms with van der Waals surface area (Å²) in [4.78, 5) is 21.8. The molecule has 1 rings (SSSR count). The summed E-state index contributed by atoms with van der Waals surface area (Å²) in [7, 11) is 0. The van der Waals surface area contributed by atoms with Crippen molar-refractivity contribution in [2.45, 2.75) is 13.8 Å². The molecule has 5 nitrogen and oxygen atoms in total. The molecule has 0 radical (unpaired) electrons. The molecule has 0 unspecified atom stereocenters. The third kappa shape index (κ3) is 2.13. The molecule has 0 aliphatic carbocycles. The topological polar surface area (TPSA) is 83.8 Å². The highest BCUT2D eigenvalue weighted by molar-refractivity contribution is 6.03. The molecule has 5 heteroatoms. The molecule has 0 fully saturated rings. The second-order valence-corrected chi connectivity index (χ2v) is 3.15. The van der Waals surface area contributed by atoms with Gasteiger partial charge in [0.15, 0.2) is 0 Å². The van der Waals surface area contributed by atoms with Gasteiger partial charge in [0, 0.05) is 5.56 Å². The average Bonchev–Trinajstić information content (AvgIpc) is 2.20. The van der Waals surface area contributed by atoms with Crippen LogP contribution >= 0.6 is 0 Å². The fourth-order valence-electron chi connectivity index (χ4n) is 1.46. The first-order valence-corrected chi connectivity index (χ1v) is 4.72. The van der Waals surface area contributed by atoms with Crippen LogP contribution in [0.15, 0.2) is 12.1 Å². The Kier molecular flexibility index (Phi) is 3.50. The molecular formula is C11H12O5. The lowest BCUT2D eigenvalue weighted by atomic mass is 10.0. The van der Waals surface area contributed by atoms with Crippen molar-refractivity contribution in [3.05, 3.63) is 28.8 Å². The Hall–Kier alpha value is -2.04. The first-order valence-electron chi connectivity index (χ1n) is 4.72. The monoisotopic (exact) mass is 224 g/mol. The van der Waals surface area contributed by atoms with E-state index < -0.39 is 11.9 Å². The normalized spacial score (nSPS) is 9.88. The number of benzene rings is 1. The van der Waals surface area contributed by atoms with E-state index in [1.165, 1.54) is 19.1 Å². The highest BCUT2D eigenvalue weighted by atomic mass is 16.5. The minimum Gasteiger partial charge on any atom is -0.494 e. The summed E-state index contributed by atoms with van der Waals surface area (Å²) in [5, 5.41) is 17.8. The third-order valence-corrected chi connectivity index (χ3v) is 2.16. The number of carboxylic acids is 2. The summed E-state index contributed by atoms with van der Waals surface area (Å²) in [5.74, 6) is -2.13. The molecule has 16 heavy (non-hydrogen) atoms. The van der Waals surface area contributed by atoms with Crippen LogP contribution in [-0.4, -0.2) is 28.8 Å². The molecule has 0 saturated heterocycles. The van der Waals surface area contributed by atoms with E-state index in [0.717, 1.165) is 0 Å². The second-order valence-electron chi connectivity index (χ2n) is 3.15. The predicted octanol–water partition coefficient (Wildman–Crippen LogP) is 1.79. The number of hydrogen-bond acceptors (Lipinski definition) is 3. The van der Waals surface area contributed by atoms with Gasteiger partial charge in [-0.1, -0.05) is 0 Å². The van der Waals surface area contributed by atoms with E-state index in [1.807, 2.05) is 0 Å². The Morgan fingerprint density at radius 2 is 1.88 bits per heavy atom. The fraction of sp³-hybridized carbons (Fsp3) is 0.273. The van der Waals surface area contributed by atoms with Crippen LogP contribution in [0.1, 0.15) is 33.2 Å². The van der Waals surface area contributed by atoms with Crippen molar-refractivity contribution in [1.82, 2.24) is 0 Å². The molecule has 0 atom stereocenters. The lowest BCUT2D eigenvalue weighted by Gasteiger charge is -2.11. The van der Waals surface area contributed by atoms with E-state index >= 15 is 0 Å². The highest BCUT2D eigenvalue weighted by Gasteiger charge is 2.20. The van der Waals surface area contributed by atoms with Crippen LogP contribution in [0.3, 0.4) is 0 Å². The van der Waals surface area contributed by atoms with Crippen LogP contribution in [0.5, 0.6) is 5.75 Å². The fourth-order valence-corrected chi connectivity index (χ4v) is 1.46. The van der Waals surface area contributed by atoms with E-state index in [-0.39, 0.29) is 11.1 Å². The minimum atomic E-state index is -1.27. The molecule has 0 aromatic heterocycles. The maximum absolute atomic E-state index is 11.0.